The molecule has 2 rings (SSSR count). The minimum absolute atomic E-state index is 0.258. The summed E-state index contributed by atoms with van der Waals surface area (Å²) >= 11 is 0. The quantitative estimate of drug-likeness (QED) is 0.474. The van der Waals surface area contributed by atoms with E-state index in [-0.39, 0.29) is 6.09 Å². The Kier molecular flexibility index (Phi) is 4.78. The number of nitrogens with zero attached hydrogens (tertiary/aromatic N) is 5. The van der Waals surface area contributed by atoms with Gasteiger partial charge in [0.2, 0.25) is 0 Å². The molecule has 1 heterocycles. The highest BCUT2D eigenvalue weighted by atomic mass is 16.6. The summed E-state index contributed by atoms with van der Waals surface area (Å²) in [6.07, 6.45) is -0.258. The molecule has 1 aliphatic rings. The Balaban J connectivity index is 1.91. The topological polar surface area (TPSA) is 81.5 Å². The lowest BCUT2D eigenvalue weighted by Gasteiger charge is -2.36. The molecule has 0 atom stereocenters. The second-order valence-corrected chi connectivity index (χ2v) is 6.16. The van der Waals surface area contributed by atoms with Gasteiger partial charge in [-0.05, 0) is 38.4 Å². The monoisotopic (exact) mass is 303 g/mol. The smallest absolute Gasteiger partial charge is 0.410 e. The van der Waals surface area contributed by atoms with Crippen LogP contribution < -0.4 is 4.90 Å². The molecule has 1 aromatic carbocycles. The Morgan fingerprint density at radius 3 is 2.27 bits per heavy atom. The van der Waals surface area contributed by atoms with Gasteiger partial charge < -0.3 is 14.5 Å². The maximum absolute atomic E-state index is 12.0. The standard InChI is InChI=1S/C15H21N5O2/c1-15(2,3)22-14(21)20-10-8-19(9-11-20)13-6-4-12(5-7-13)17-18-16/h4-7H,8-11H2,1-3H3. The van der Waals surface area contributed by atoms with E-state index in [9.17, 15) is 4.79 Å². The molecule has 22 heavy (non-hydrogen) atoms. The Labute approximate surface area is 130 Å². The molecule has 0 saturated carbocycles. The summed E-state index contributed by atoms with van der Waals surface area (Å²) < 4.78 is 5.38. The molecule has 7 heteroatoms. The van der Waals surface area contributed by atoms with Gasteiger partial charge >= 0.3 is 6.09 Å². The normalized spacial score (nSPS) is 15.2. The number of azide groups is 1. The molecule has 1 amide bonds. The molecular formula is C15H21N5O2. The number of amides is 1. The molecule has 1 aromatic rings. The van der Waals surface area contributed by atoms with Crippen molar-refractivity contribution in [1.29, 1.82) is 0 Å². The highest BCUT2D eigenvalue weighted by molar-refractivity contribution is 5.68. The Morgan fingerprint density at radius 1 is 1.18 bits per heavy atom. The van der Waals surface area contributed by atoms with Gasteiger partial charge in [-0.2, -0.15) is 0 Å². The van der Waals surface area contributed by atoms with Crippen molar-refractivity contribution in [2.75, 3.05) is 31.1 Å². The van der Waals surface area contributed by atoms with Crippen LogP contribution in [0.3, 0.4) is 0 Å². The number of rotatable bonds is 2. The van der Waals surface area contributed by atoms with E-state index in [1.807, 2.05) is 32.9 Å². The molecule has 1 saturated heterocycles. The molecular weight excluding hydrogens is 282 g/mol. The average molecular weight is 303 g/mol. The lowest BCUT2D eigenvalue weighted by atomic mass is 10.2. The number of anilines is 1. The molecule has 1 aliphatic heterocycles. The van der Waals surface area contributed by atoms with Crippen LogP contribution in [0.5, 0.6) is 0 Å². The van der Waals surface area contributed by atoms with Crippen molar-refractivity contribution >= 4 is 17.5 Å². The number of piperazine rings is 1. The summed E-state index contributed by atoms with van der Waals surface area (Å²) in [4.78, 5) is 18.7. The minimum atomic E-state index is -0.467. The second kappa shape index (κ2) is 6.58. The molecule has 0 N–H and O–H groups in total. The lowest BCUT2D eigenvalue weighted by Crippen LogP contribution is -2.50. The summed E-state index contributed by atoms with van der Waals surface area (Å²) in [6, 6.07) is 7.42. The summed E-state index contributed by atoms with van der Waals surface area (Å²) in [7, 11) is 0. The zero-order chi connectivity index (χ0) is 16.2. The van der Waals surface area contributed by atoms with Crippen molar-refractivity contribution in [3.8, 4) is 0 Å². The van der Waals surface area contributed by atoms with Gasteiger partial charge in [0.05, 0.1) is 0 Å². The van der Waals surface area contributed by atoms with Crippen molar-refractivity contribution in [3.63, 3.8) is 0 Å². The van der Waals surface area contributed by atoms with E-state index >= 15 is 0 Å². The van der Waals surface area contributed by atoms with Crippen LogP contribution in [0.2, 0.25) is 0 Å². The minimum Gasteiger partial charge on any atom is -0.444 e. The summed E-state index contributed by atoms with van der Waals surface area (Å²) in [5.74, 6) is 0. The Morgan fingerprint density at radius 2 is 1.77 bits per heavy atom. The fourth-order valence-corrected chi connectivity index (χ4v) is 2.26. The van der Waals surface area contributed by atoms with Gasteiger partial charge in [-0.1, -0.05) is 17.2 Å². The van der Waals surface area contributed by atoms with Crippen LogP contribution >= 0.6 is 0 Å². The summed E-state index contributed by atoms with van der Waals surface area (Å²) in [5, 5.41) is 3.55. The van der Waals surface area contributed by atoms with Crippen LogP contribution in [-0.2, 0) is 4.74 Å². The Bertz CT molecular complexity index is 565. The van der Waals surface area contributed by atoms with E-state index < -0.39 is 5.60 Å². The van der Waals surface area contributed by atoms with Crippen LogP contribution in [0.25, 0.3) is 10.4 Å². The highest BCUT2D eigenvalue weighted by Gasteiger charge is 2.25. The number of carbonyl (C=O) groups excluding carboxylic acids is 1. The second-order valence-electron chi connectivity index (χ2n) is 6.16. The molecule has 0 bridgehead atoms. The van der Waals surface area contributed by atoms with Gasteiger partial charge in [0.25, 0.3) is 0 Å². The molecule has 7 nitrogen and oxygen atoms in total. The predicted octanol–water partition coefficient (Wildman–Crippen LogP) is 3.69. The van der Waals surface area contributed by atoms with Crippen molar-refractivity contribution in [2.24, 2.45) is 5.11 Å². The van der Waals surface area contributed by atoms with Crippen molar-refractivity contribution in [3.05, 3.63) is 34.7 Å². The Hall–Kier alpha value is -2.40. The molecule has 0 radical (unpaired) electrons. The predicted molar refractivity (Wildman–Crippen MR) is 85.3 cm³/mol. The largest absolute Gasteiger partial charge is 0.444 e. The van der Waals surface area contributed by atoms with Gasteiger partial charge in [-0.15, -0.1) is 0 Å². The van der Waals surface area contributed by atoms with Crippen LogP contribution in [-0.4, -0.2) is 42.8 Å². The third-order valence-corrected chi connectivity index (χ3v) is 3.31. The number of hydrogen-bond acceptors (Lipinski definition) is 4. The van der Waals surface area contributed by atoms with Crippen LogP contribution in [0, 0.1) is 0 Å². The van der Waals surface area contributed by atoms with E-state index in [0.29, 0.717) is 18.8 Å². The zero-order valence-electron chi connectivity index (χ0n) is 13.2. The first-order chi connectivity index (χ1) is 10.4. The first kappa shape index (κ1) is 16.0. The molecule has 0 spiro atoms. The average Bonchev–Trinajstić information content (AvgIpc) is 2.47. The van der Waals surface area contributed by atoms with Crippen molar-refractivity contribution < 1.29 is 9.53 Å². The van der Waals surface area contributed by atoms with Crippen molar-refractivity contribution in [1.82, 2.24) is 4.90 Å². The van der Waals surface area contributed by atoms with E-state index in [0.717, 1.165) is 18.8 Å². The number of ether oxygens (including phenoxy) is 1. The first-order valence-electron chi connectivity index (χ1n) is 7.27. The fourth-order valence-electron chi connectivity index (χ4n) is 2.26. The highest BCUT2D eigenvalue weighted by Crippen LogP contribution is 2.21. The van der Waals surface area contributed by atoms with E-state index in [1.54, 1.807) is 17.0 Å². The number of benzene rings is 1. The maximum atomic E-state index is 12.0. The molecule has 0 aliphatic carbocycles. The van der Waals surface area contributed by atoms with Gasteiger partial charge in [0.1, 0.15) is 5.60 Å². The third kappa shape index (κ3) is 4.30. The first-order valence-corrected chi connectivity index (χ1v) is 7.27. The fraction of sp³-hybridized carbons (Fsp3) is 0.533. The molecule has 0 unspecified atom stereocenters. The number of carbonyl (C=O) groups is 1. The van der Waals surface area contributed by atoms with Crippen LogP contribution in [0.15, 0.2) is 29.4 Å². The maximum Gasteiger partial charge on any atom is 0.410 e. The van der Waals surface area contributed by atoms with E-state index in [4.69, 9.17) is 10.3 Å². The van der Waals surface area contributed by atoms with Crippen molar-refractivity contribution in [2.45, 2.75) is 26.4 Å². The van der Waals surface area contributed by atoms with Gasteiger partial charge in [-0.3, -0.25) is 0 Å². The third-order valence-electron chi connectivity index (χ3n) is 3.31. The van der Waals surface area contributed by atoms with E-state index in [2.05, 4.69) is 14.9 Å². The molecule has 1 fully saturated rings. The SMILES string of the molecule is CC(C)(C)OC(=O)N1CCN(c2ccc(N=[N+]=[N-])cc2)CC1. The van der Waals surface area contributed by atoms with Gasteiger partial charge in [0.15, 0.2) is 0 Å². The summed E-state index contributed by atoms with van der Waals surface area (Å²) in [6.45, 7) is 8.37. The number of hydrogen-bond donors (Lipinski definition) is 0. The molecule has 118 valence electrons. The zero-order valence-corrected chi connectivity index (χ0v) is 13.2. The summed E-state index contributed by atoms with van der Waals surface area (Å²) in [5.41, 5.74) is 9.58. The van der Waals surface area contributed by atoms with Crippen LogP contribution in [0.1, 0.15) is 20.8 Å². The van der Waals surface area contributed by atoms with E-state index in [1.165, 1.54) is 0 Å². The van der Waals surface area contributed by atoms with Gasteiger partial charge in [-0.25, -0.2) is 4.79 Å². The van der Waals surface area contributed by atoms with Gasteiger partial charge in [0, 0.05) is 42.5 Å². The molecule has 0 aromatic heterocycles. The van der Waals surface area contributed by atoms with Crippen LogP contribution in [0.4, 0.5) is 16.2 Å². The lowest BCUT2D eigenvalue weighted by molar-refractivity contribution is 0.0240.